The molecule has 0 saturated heterocycles. The molecule has 1 rings (SSSR count). The van der Waals surface area contributed by atoms with Crippen LogP contribution in [0.5, 0.6) is 0 Å². The Morgan fingerprint density at radius 3 is 2.47 bits per heavy atom. The summed E-state index contributed by atoms with van der Waals surface area (Å²) >= 11 is 0. The van der Waals surface area contributed by atoms with Gasteiger partial charge in [-0.25, -0.2) is 0 Å². The quantitative estimate of drug-likeness (QED) is 0.813. The fourth-order valence-corrected chi connectivity index (χ4v) is 1.05. The fraction of sp³-hybridized carbons (Fsp3) is 0.600. The second-order valence-corrected chi connectivity index (χ2v) is 3.65. The predicted octanol–water partition coefficient (Wildman–Crippen LogP) is 2.33. The van der Waals surface area contributed by atoms with Gasteiger partial charge in [-0.2, -0.15) is 13.2 Å². The van der Waals surface area contributed by atoms with Crippen LogP contribution >= 0.6 is 0 Å². The summed E-state index contributed by atoms with van der Waals surface area (Å²) in [6.45, 7) is 4.73. The minimum Gasteiger partial charge on any atom is -0.377 e. The topological polar surface area (TPSA) is 47.0 Å². The third-order valence-corrected chi connectivity index (χ3v) is 1.81. The molecule has 0 amide bonds. The normalized spacial score (nSPS) is 11.9. The van der Waals surface area contributed by atoms with Crippen LogP contribution in [0.3, 0.4) is 0 Å². The van der Waals surface area contributed by atoms with Crippen LogP contribution in [0.1, 0.15) is 19.5 Å². The highest BCUT2D eigenvalue weighted by Crippen LogP contribution is 2.26. The molecule has 0 atom stereocenters. The van der Waals surface area contributed by atoms with E-state index in [-0.39, 0.29) is 6.10 Å². The zero-order chi connectivity index (χ0) is 12.9. The van der Waals surface area contributed by atoms with Gasteiger partial charge in [0.2, 0.25) is 0 Å². The first kappa shape index (κ1) is 13.7. The maximum absolute atomic E-state index is 12.2. The van der Waals surface area contributed by atoms with Crippen molar-refractivity contribution in [3.8, 4) is 0 Å². The Bertz CT molecular complexity index is 338. The molecule has 0 bridgehead atoms. The summed E-state index contributed by atoms with van der Waals surface area (Å²) in [4.78, 5) is 0. The molecule has 0 aliphatic rings. The van der Waals surface area contributed by atoms with Crippen LogP contribution in [0, 0.1) is 0 Å². The minimum absolute atomic E-state index is 0.121. The van der Waals surface area contributed by atoms with Gasteiger partial charge in [0, 0.05) is 6.54 Å². The molecule has 1 aromatic heterocycles. The van der Waals surface area contributed by atoms with Crippen LogP contribution in [-0.4, -0.2) is 29.5 Å². The van der Waals surface area contributed by atoms with Crippen molar-refractivity contribution < 1.29 is 17.9 Å². The van der Waals surface area contributed by atoms with Gasteiger partial charge in [-0.3, -0.25) is 0 Å². The number of rotatable bonds is 5. The van der Waals surface area contributed by atoms with Gasteiger partial charge in [0.1, 0.15) is 5.82 Å². The molecule has 1 N–H and O–H groups in total. The Balaban J connectivity index is 2.41. The van der Waals surface area contributed by atoms with Crippen LogP contribution in [0.25, 0.3) is 0 Å². The van der Waals surface area contributed by atoms with Crippen molar-refractivity contribution in [3.63, 3.8) is 0 Å². The van der Waals surface area contributed by atoms with Gasteiger partial charge in [-0.1, -0.05) is 0 Å². The first-order chi connectivity index (χ1) is 7.89. The van der Waals surface area contributed by atoms with Gasteiger partial charge < -0.3 is 10.1 Å². The Morgan fingerprint density at radius 1 is 1.29 bits per heavy atom. The van der Waals surface area contributed by atoms with Crippen LogP contribution in [-0.2, 0) is 10.9 Å². The summed E-state index contributed by atoms with van der Waals surface area (Å²) in [5, 5.41) is 9.32. The minimum atomic E-state index is -4.45. The smallest absolute Gasteiger partial charge is 0.377 e. The highest BCUT2D eigenvalue weighted by molar-refractivity contribution is 5.33. The second kappa shape index (κ2) is 5.81. The summed E-state index contributed by atoms with van der Waals surface area (Å²) in [7, 11) is 0. The zero-order valence-corrected chi connectivity index (χ0v) is 9.58. The lowest BCUT2D eigenvalue weighted by molar-refractivity contribution is -0.141. The van der Waals surface area contributed by atoms with Crippen LogP contribution < -0.4 is 5.32 Å². The van der Waals surface area contributed by atoms with E-state index in [1.54, 1.807) is 0 Å². The lowest BCUT2D eigenvalue weighted by atomic mass is 10.4. The SMILES string of the molecule is CC(C)OCCNc1ccc(C(F)(F)F)nn1. The van der Waals surface area contributed by atoms with E-state index >= 15 is 0 Å². The molecule has 0 spiro atoms. The summed E-state index contributed by atoms with van der Waals surface area (Å²) in [5.41, 5.74) is -0.999. The van der Waals surface area contributed by atoms with Crippen molar-refractivity contribution in [2.24, 2.45) is 0 Å². The monoisotopic (exact) mass is 249 g/mol. The number of hydrogen-bond acceptors (Lipinski definition) is 4. The number of aromatic nitrogens is 2. The number of halogens is 3. The van der Waals surface area contributed by atoms with E-state index in [9.17, 15) is 13.2 Å². The number of nitrogens with one attached hydrogen (secondary N) is 1. The van der Waals surface area contributed by atoms with E-state index in [1.165, 1.54) is 6.07 Å². The van der Waals surface area contributed by atoms with E-state index in [0.29, 0.717) is 19.0 Å². The largest absolute Gasteiger partial charge is 0.435 e. The van der Waals surface area contributed by atoms with Gasteiger partial charge in [-0.15, -0.1) is 10.2 Å². The number of ether oxygens (including phenoxy) is 1. The molecule has 17 heavy (non-hydrogen) atoms. The molecular formula is C10H14F3N3O. The molecule has 1 aromatic rings. The van der Waals surface area contributed by atoms with Crippen LogP contribution in [0.4, 0.5) is 19.0 Å². The Labute approximate surface area is 97.2 Å². The van der Waals surface area contributed by atoms with E-state index in [0.717, 1.165) is 6.07 Å². The Hall–Kier alpha value is -1.37. The van der Waals surface area contributed by atoms with Crippen molar-refractivity contribution >= 4 is 5.82 Å². The zero-order valence-electron chi connectivity index (χ0n) is 9.58. The molecule has 0 radical (unpaired) electrons. The Kier molecular flexibility index (Phi) is 4.68. The summed E-state index contributed by atoms with van der Waals surface area (Å²) in [6, 6.07) is 2.13. The predicted molar refractivity (Wildman–Crippen MR) is 56.6 cm³/mol. The fourth-order valence-electron chi connectivity index (χ4n) is 1.05. The van der Waals surface area contributed by atoms with Crippen molar-refractivity contribution in [2.75, 3.05) is 18.5 Å². The highest BCUT2D eigenvalue weighted by atomic mass is 19.4. The summed E-state index contributed by atoms with van der Waals surface area (Å²) < 4.78 is 41.8. The summed E-state index contributed by atoms with van der Waals surface area (Å²) in [6.07, 6.45) is -4.33. The van der Waals surface area contributed by atoms with Crippen LogP contribution in [0.15, 0.2) is 12.1 Å². The first-order valence-electron chi connectivity index (χ1n) is 5.16. The van der Waals surface area contributed by atoms with Gasteiger partial charge in [-0.05, 0) is 26.0 Å². The number of hydrogen-bond donors (Lipinski definition) is 1. The molecule has 0 fully saturated rings. The average molecular weight is 249 g/mol. The molecule has 7 heteroatoms. The molecule has 0 saturated carbocycles. The van der Waals surface area contributed by atoms with E-state index < -0.39 is 11.9 Å². The van der Waals surface area contributed by atoms with Gasteiger partial charge in [0.25, 0.3) is 0 Å². The lowest BCUT2D eigenvalue weighted by Gasteiger charge is -2.09. The lowest BCUT2D eigenvalue weighted by Crippen LogP contribution is -2.15. The first-order valence-corrected chi connectivity index (χ1v) is 5.16. The summed E-state index contributed by atoms with van der Waals surface area (Å²) in [5.74, 6) is 0.297. The van der Waals surface area contributed by atoms with Crippen molar-refractivity contribution in [2.45, 2.75) is 26.1 Å². The highest BCUT2D eigenvalue weighted by Gasteiger charge is 2.32. The molecule has 1 heterocycles. The maximum atomic E-state index is 12.2. The Morgan fingerprint density at radius 2 is 2.00 bits per heavy atom. The van der Waals surface area contributed by atoms with Gasteiger partial charge >= 0.3 is 6.18 Å². The van der Waals surface area contributed by atoms with Crippen molar-refractivity contribution in [1.82, 2.24) is 10.2 Å². The third-order valence-electron chi connectivity index (χ3n) is 1.81. The van der Waals surface area contributed by atoms with Crippen molar-refractivity contribution in [3.05, 3.63) is 17.8 Å². The third kappa shape index (κ3) is 4.99. The molecule has 0 aliphatic carbocycles. The standard InChI is InChI=1S/C10H14F3N3O/c1-7(2)17-6-5-14-9-4-3-8(15-16-9)10(11,12)13/h3-4,7H,5-6H2,1-2H3,(H,14,16). The molecule has 0 aromatic carbocycles. The molecule has 0 aliphatic heterocycles. The van der Waals surface area contributed by atoms with Gasteiger partial charge in [0.05, 0.1) is 12.7 Å². The molecule has 96 valence electrons. The van der Waals surface area contributed by atoms with Gasteiger partial charge in [0.15, 0.2) is 5.69 Å². The molecular weight excluding hydrogens is 235 g/mol. The number of anilines is 1. The molecule has 4 nitrogen and oxygen atoms in total. The van der Waals surface area contributed by atoms with E-state index in [2.05, 4.69) is 15.5 Å². The van der Waals surface area contributed by atoms with Crippen LogP contribution in [0.2, 0.25) is 0 Å². The number of alkyl halides is 3. The maximum Gasteiger partial charge on any atom is 0.435 e. The second-order valence-electron chi connectivity index (χ2n) is 3.65. The average Bonchev–Trinajstić information content (AvgIpc) is 2.23. The molecule has 0 unspecified atom stereocenters. The van der Waals surface area contributed by atoms with Crippen molar-refractivity contribution in [1.29, 1.82) is 0 Å². The van der Waals surface area contributed by atoms with E-state index in [4.69, 9.17) is 4.74 Å². The van der Waals surface area contributed by atoms with E-state index in [1.807, 2.05) is 13.8 Å². The number of nitrogens with zero attached hydrogens (tertiary/aromatic N) is 2.